The lowest BCUT2D eigenvalue weighted by Crippen LogP contribution is -2.25. The number of ether oxygens (including phenoxy) is 1. The third-order valence-electron chi connectivity index (χ3n) is 1.81. The van der Waals surface area contributed by atoms with Gasteiger partial charge in [0.15, 0.2) is 0 Å². The minimum atomic E-state index is -0.433. The summed E-state index contributed by atoms with van der Waals surface area (Å²) in [6, 6.07) is 0. The van der Waals surface area contributed by atoms with Gasteiger partial charge in [0.2, 0.25) is 5.95 Å². The number of rotatable bonds is 4. The first kappa shape index (κ1) is 13.4. The van der Waals surface area contributed by atoms with Gasteiger partial charge in [-0.05, 0) is 33.3 Å². The minimum absolute atomic E-state index is 0.225. The lowest BCUT2D eigenvalue weighted by molar-refractivity contribution is -0.154. The molecule has 94 valence electrons. The topological polar surface area (TPSA) is 64.1 Å². The van der Waals surface area contributed by atoms with Crippen molar-refractivity contribution in [3.63, 3.8) is 0 Å². The standard InChI is InChI=1S/C12H19N3O2/c1-9-7-14-11(15-8-9)13-6-5-10(16)17-12(2,3)4/h7-8H,5-6H2,1-4H3,(H,13,14,15). The molecular formula is C12H19N3O2. The zero-order chi connectivity index (χ0) is 12.9. The molecule has 0 amide bonds. The van der Waals surface area contributed by atoms with Crippen LogP contribution in [0.3, 0.4) is 0 Å². The molecule has 5 nitrogen and oxygen atoms in total. The summed E-state index contributed by atoms with van der Waals surface area (Å²) in [5.41, 5.74) is 0.569. The molecule has 1 rings (SSSR count). The maximum Gasteiger partial charge on any atom is 0.308 e. The molecule has 0 fully saturated rings. The lowest BCUT2D eigenvalue weighted by atomic mass is 10.2. The lowest BCUT2D eigenvalue weighted by Gasteiger charge is -2.19. The van der Waals surface area contributed by atoms with Crippen LogP contribution < -0.4 is 5.32 Å². The van der Waals surface area contributed by atoms with Crippen molar-refractivity contribution in [1.29, 1.82) is 0 Å². The predicted molar refractivity (Wildman–Crippen MR) is 65.7 cm³/mol. The van der Waals surface area contributed by atoms with Gasteiger partial charge in [-0.1, -0.05) is 0 Å². The van der Waals surface area contributed by atoms with Crippen molar-refractivity contribution < 1.29 is 9.53 Å². The van der Waals surface area contributed by atoms with E-state index in [9.17, 15) is 4.79 Å². The molecule has 0 aromatic carbocycles. The highest BCUT2D eigenvalue weighted by atomic mass is 16.6. The first-order chi connectivity index (χ1) is 7.87. The maximum atomic E-state index is 11.4. The number of anilines is 1. The molecule has 0 saturated heterocycles. The van der Waals surface area contributed by atoms with Gasteiger partial charge in [-0.2, -0.15) is 0 Å². The van der Waals surface area contributed by atoms with E-state index in [-0.39, 0.29) is 5.97 Å². The molecule has 0 spiro atoms. The Morgan fingerprint density at radius 2 is 1.94 bits per heavy atom. The summed E-state index contributed by atoms with van der Waals surface area (Å²) in [4.78, 5) is 19.6. The van der Waals surface area contributed by atoms with Crippen LogP contribution in [0.1, 0.15) is 32.8 Å². The number of carbonyl (C=O) groups excluding carboxylic acids is 1. The summed E-state index contributed by atoms with van der Waals surface area (Å²) in [6.45, 7) is 7.94. The van der Waals surface area contributed by atoms with E-state index in [2.05, 4.69) is 15.3 Å². The van der Waals surface area contributed by atoms with Crippen molar-refractivity contribution in [2.75, 3.05) is 11.9 Å². The Hall–Kier alpha value is -1.65. The van der Waals surface area contributed by atoms with Gasteiger partial charge in [0.25, 0.3) is 0 Å². The number of aromatic nitrogens is 2. The molecule has 0 atom stereocenters. The second-order valence-electron chi connectivity index (χ2n) is 4.85. The number of carbonyl (C=O) groups is 1. The highest BCUT2D eigenvalue weighted by molar-refractivity contribution is 5.70. The van der Waals surface area contributed by atoms with Crippen LogP contribution in [0.15, 0.2) is 12.4 Å². The quantitative estimate of drug-likeness (QED) is 0.811. The van der Waals surface area contributed by atoms with Gasteiger partial charge in [0.1, 0.15) is 5.60 Å². The van der Waals surface area contributed by atoms with E-state index < -0.39 is 5.60 Å². The van der Waals surface area contributed by atoms with Crippen molar-refractivity contribution in [3.05, 3.63) is 18.0 Å². The minimum Gasteiger partial charge on any atom is -0.460 e. The Morgan fingerprint density at radius 3 is 2.47 bits per heavy atom. The van der Waals surface area contributed by atoms with Crippen LogP contribution in [0.4, 0.5) is 5.95 Å². The number of hydrogen-bond acceptors (Lipinski definition) is 5. The third kappa shape index (κ3) is 5.85. The summed E-state index contributed by atoms with van der Waals surface area (Å²) in [5.74, 6) is 0.302. The van der Waals surface area contributed by atoms with Crippen molar-refractivity contribution >= 4 is 11.9 Å². The molecule has 0 radical (unpaired) electrons. The van der Waals surface area contributed by atoms with E-state index in [0.29, 0.717) is 18.9 Å². The SMILES string of the molecule is Cc1cnc(NCCC(=O)OC(C)(C)C)nc1. The molecule has 0 saturated carbocycles. The van der Waals surface area contributed by atoms with Gasteiger partial charge in [-0.25, -0.2) is 9.97 Å². The average Bonchev–Trinajstić information content (AvgIpc) is 2.18. The average molecular weight is 237 g/mol. The number of nitrogens with zero attached hydrogens (tertiary/aromatic N) is 2. The van der Waals surface area contributed by atoms with Crippen molar-refractivity contribution in [1.82, 2.24) is 9.97 Å². The van der Waals surface area contributed by atoms with Crippen molar-refractivity contribution in [3.8, 4) is 0 Å². The largest absolute Gasteiger partial charge is 0.460 e. The fourth-order valence-electron chi connectivity index (χ4n) is 1.15. The molecule has 1 N–H and O–H groups in total. The zero-order valence-electron chi connectivity index (χ0n) is 10.8. The van der Waals surface area contributed by atoms with Crippen LogP contribution in [0.5, 0.6) is 0 Å². The van der Waals surface area contributed by atoms with Gasteiger partial charge < -0.3 is 10.1 Å². The Morgan fingerprint density at radius 1 is 1.35 bits per heavy atom. The Balaban J connectivity index is 2.28. The number of hydrogen-bond donors (Lipinski definition) is 1. The Labute approximate surface area is 102 Å². The predicted octanol–water partition coefficient (Wildman–Crippen LogP) is 1.93. The number of aryl methyl sites for hydroxylation is 1. The molecule has 1 aromatic heterocycles. The smallest absolute Gasteiger partial charge is 0.308 e. The van der Waals surface area contributed by atoms with E-state index in [1.807, 2.05) is 27.7 Å². The van der Waals surface area contributed by atoms with E-state index in [1.165, 1.54) is 0 Å². The molecule has 0 bridgehead atoms. The first-order valence-electron chi connectivity index (χ1n) is 5.61. The fourth-order valence-corrected chi connectivity index (χ4v) is 1.15. The van der Waals surface area contributed by atoms with E-state index >= 15 is 0 Å². The molecule has 0 aliphatic heterocycles. The second-order valence-corrected chi connectivity index (χ2v) is 4.85. The molecule has 5 heteroatoms. The van der Waals surface area contributed by atoms with E-state index in [0.717, 1.165) is 5.56 Å². The number of esters is 1. The Kier molecular flexibility index (Phi) is 4.43. The van der Waals surface area contributed by atoms with Gasteiger partial charge in [0, 0.05) is 18.9 Å². The Bertz CT molecular complexity index is 368. The van der Waals surface area contributed by atoms with Crippen LogP contribution >= 0.6 is 0 Å². The normalized spacial score (nSPS) is 11.1. The molecule has 0 aliphatic carbocycles. The highest BCUT2D eigenvalue weighted by Gasteiger charge is 2.15. The first-order valence-corrected chi connectivity index (χ1v) is 5.61. The molecular weight excluding hydrogens is 218 g/mol. The third-order valence-corrected chi connectivity index (χ3v) is 1.81. The van der Waals surface area contributed by atoms with Gasteiger partial charge in [0.05, 0.1) is 6.42 Å². The van der Waals surface area contributed by atoms with Crippen molar-refractivity contribution in [2.24, 2.45) is 0 Å². The number of nitrogens with one attached hydrogen (secondary N) is 1. The van der Waals surface area contributed by atoms with Crippen LogP contribution in [-0.4, -0.2) is 28.1 Å². The monoisotopic (exact) mass is 237 g/mol. The van der Waals surface area contributed by atoms with E-state index in [1.54, 1.807) is 12.4 Å². The summed E-state index contributed by atoms with van der Waals surface area (Å²) in [6.07, 6.45) is 3.75. The van der Waals surface area contributed by atoms with Crippen LogP contribution in [0.2, 0.25) is 0 Å². The summed E-state index contributed by atoms with van der Waals surface area (Å²) in [7, 11) is 0. The molecule has 1 aromatic rings. The van der Waals surface area contributed by atoms with Crippen LogP contribution in [-0.2, 0) is 9.53 Å². The summed E-state index contributed by atoms with van der Waals surface area (Å²) in [5, 5.41) is 2.97. The van der Waals surface area contributed by atoms with Crippen LogP contribution in [0, 0.1) is 6.92 Å². The molecule has 0 unspecified atom stereocenters. The summed E-state index contributed by atoms with van der Waals surface area (Å²) >= 11 is 0. The maximum absolute atomic E-state index is 11.4. The van der Waals surface area contributed by atoms with Gasteiger partial charge in [-0.3, -0.25) is 4.79 Å². The van der Waals surface area contributed by atoms with E-state index in [4.69, 9.17) is 4.74 Å². The zero-order valence-corrected chi connectivity index (χ0v) is 10.8. The molecule has 17 heavy (non-hydrogen) atoms. The molecule has 1 heterocycles. The molecule has 0 aliphatic rings. The fraction of sp³-hybridized carbons (Fsp3) is 0.583. The van der Waals surface area contributed by atoms with Gasteiger partial charge in [-0.15, -0.1) is 0 Å². The van der Waals surface area contributed by atoms with Crippen molar-refractivity contribution in [2.45, 2.75) is 39.7 Å². The van der Waals surface area contributed by atoms with Crippen LogP contribution in [0.25, 0.3) is 0 Å². The van der Waals surface area contributed by atoms with Gasteiger partial charge >= 0.3 is 5.97 Å². The summed E-state index contributed by atoms with van der Waals surface area (Å²) < 4.78 is 5.18. The second kappa shape index (κ2) is 5.61. The highest BCUT2D eigenvalue weighted by Crippen LogP contribution is 2.08.